The second-order valence-corrected chi connectivity index (χ2v) is 3.50. The molecule has 1 unspecified atom stereocenters. The second kappa shape index (κ2) is 5.34. The van der Waals surface area contributed by atoms with Crippen LogP contribution in [0.25, 0.3) is 0 Å². The van der Waals surface area contributed by atoms with Crippen molar-refractivity contribution in [2.75, 3.05) is 6.54 Å². The smallest absolute Gasteiger partial charge is 0.301 e. The van der Waals surface area contributed by atoms with Crippen molar-refractivity contribution in [1.29, 1.82) is 0 Å². The maximum absolute atomic E-state index is 12.8. The van der Waals surface area contributed by atoms with Crippen LogP contribution in [0, 0.1) is 0 Å². The first kappa shape index (κ1) is 13.0. The zero-order chi connectivity index (χ0) is 12.2. The van der Waals surface area contributed by atoms with Gasteiger partial charge in [-0.1, -0.05) is 6.92 Å². The zero-order valence-corrected chi connectivity index (χ0v) is 9.38. The topological polar surface area (TPSA) is 29.9 Å². The van der Waals surface area contributed by atoms with Gasteiger partial charge in [-0.05, 0) is 26.0 Å². The maximum Gasteiger partial charge on any atom is 0.409 e. The molecule has 1 atom stereocenters. The van der Waals surface area contributed by atoms with Crippen LogP contribution in [0.3, 0.4) is 0 Å². The van der Waals surface area contributed by atoms with Crippen molar-refractivity contribution < 1.29 is 13.2 Å². The molecular formula is C10H16F3N3. The summed E-state index contributed by atoms with van der Waals surface area (Å²) >= 11 is 0. The minimum Gasteiger partial charge on any atom is -0.301 e. The van der Waals surface area contributed by atoms with Gasteiger partial charge >= 0.3 is 6.18 Å². The Labute approximate surface area is 92.6 Å². The molecule has 3 nitrogen and oxygen atoms in total. The van der Waals surface area contributed by atoms with E-state index in [4.69, 9.17) is 0 Å². The molecule has 1 aromatic rings. The minimum absolute atomic E-state index is 0.170. The Bertz CT molecular complexity index is 319. The lowest BCUT2D eigenvalue weighted by atomic mass is 10.2. The van der Waals surface area contributed by atoms with Crippen LogP contribution in [-0.2, 0) is 6.54 Å². The first-order valence-corrected chi connectivity index (χ1v) is 5.32. The summed E-state index contributed by atoms with van der Waals surface area (Å²) in [6.45, 7) is 4.36. The lowest BCUT2D eigenvalue weighted by molar-refractivity contribution is -0.159. The Kier molecular flexibility index (Phi) is 4.35. The van der Waals surface area contributed by atoms with Crippen molar-refractivity contribution in [2.45, 2.75) is 39.0 Å². The molecule has 0 amide bonds. The first-order chi connectivity index (χ1) is 7.50. The number of hydrogen-bond acceptors (Lipinski definition) is 2. The molecule has 0 radical (unpaired) electrons. The lowest BCUT2D eigenvalue weighted by Gasteiger charge is -2.22. The highest BCUT2D eigenvalue weighted by atomic mass is 19.4. The number of hydrogen-bond donors (Lipinski definition) is 1. The van der Waals surface area contributed by atoms with E-state index in [0.717, 1.165) is 0 Å². The zero-order valence-electron chi connectivity index (χ0n) is 9.38. The van der Waals surface area contributed by atoms with E-state index in [0.29, 0.717) is 19.5 Å². The van der Waals surface area contributed by atoms with Gasteiger partial charge in [-0.2, -0.15) is 18.3 Å². The highest BCUT2D eigenvalue weighted by Gasteiger charge is 2.41. The van der Waals surface area contributed by atoms with Crippen molar-refractivity contribution in [3.63, 3.8) is 0 Å². The Balaban J connectivity index is 2.92. The summed E-state index contributed by atoms with van der Waals surface area (Å²) in [6, 6.07) is -0.223. The summed E-state index contributed by atoms with van der Waals surface area (Å²) in [7, 11) is 0. The Morgan fingerprint density at radius 3 is 2.62 bits per heavy atom. The average Bonchev–Trinajstić information content (AvgIpc) is 2.64. The predicted molar refractivity (Wildman–Crippen MR) is 55.0 cm³/mol. The monoisotopic (exact) mass is 235 g/mol. The fourth-order valence-corrected chi connectivity index (χ4v) is 1.53. The molecule has 6 heteroatoms. The van der Waals surface area contributed by atoms with Crippen molar-refractivity contribution in [3.05, 3.63) is 18.0 Å². The summed E-state index contributed by atoms with van der Waals surface area (Å²) in [6.07, 6.45) is -2.24. The molecule has 0 aliphatic heterocycles. The van der Waals surface area contributed by atoms with Crippen LogP contribution in [0.2, 0.25) is 0 Å². The second-order valence-electron chi connectivity index (χ2n) is 3.50. The molecular weight excluding hydrogens is 219 g/mol. The van der Waals surface area contributed by atoms with E-state index >= 15 is 0 Å². The van der Waals surface area contributed by atoms with E-state index in [1.807, 2.05) is 6.92 Å². The fourth-order valence-electron chi connectivity index (χ4n) is 1.53. The highest BCUT2D eigenvalue weighted by Crippen LogP contribution is 2.32. The Morgan fingerprint density at radius 2 is 2.12 bits per heavy atom. The molecule has 1 aromatic heterocycles. The highest BCUT2D eigenvalue weighted by molar-refractivity contribution is 5.09. The number of aromatic nitrogens is 2. The summed E-state index contributed by atoms with van der Waals surface area (Å²) in [5, 5.41) is 6.35. The van der Waals surface area contributed by atoms with Gasteiger partial charge in [0.05, 0.1) is 5.69 Å². The van der Waals surface area contributed by atoms with Crippen LogP contribution in [-0.4, -0.2) is 22.5 Å². The lowest BCUT2D eigenvalue weighted by Crippen LogP contribution is -2.36. The molecule has 0 saturated heterocycles. The van der Waals surface area contributed by atoms with Gasteiger partial charge in [-0.3, -0.25) is 4.68 Å². The van der Waals surface area contributed by atoms with Crippen molar-refractivity contribution in [3.8, 4) is 0 Å². The summed E-state index contributed by atoms with van der Waals surface area (Å²) in [4.78, 5) is 0. The minimum atomic E-state index is -4.29. The first-order valence-electron chi connectivity index (χ1n) is 5.32. The largest absolute Gasteiger partial charge is 0.409 e. The van der Waals surface area contributed by atoms with Crippen LogP contribution in [0.1, 0.15) is 32.0 Å². The molecule has 16 heavy (non-hydrogen) atoms. The normalized spacial score (nSPS) is 14.1. The van der Waals surface area contributed by atoms with Gasteiger partial charge in [0.25, 0.3) is 0 Å². The Hall–Kier alpha value is -1.04. The third-order valence-electron chi connectivity index (χ3n) is 2.27. The molecule has 0 fully saturated rings. The quantitative estimate of drug-likeness (QED) is 0.849. The van der Waals surface area contributed by atoms with Gasteiger partial charge in [0.15, 0.2) is 0 Å². The number of alkyl halides is 3. The van der Waals surface area contributed by atoms with Gasteiger partial charge in [0.2, 0.25) is 0 Å². The SMILES string of the molecule is CCCNC(c1ccnn1CC)C(F)(F)F. The van der Waals surface area contributed by atoms with E-state index in [9.17, 15) is 13.2 Å². The molecule has 0 aliphatic carbocycles. The van der Waals surface area contributed by atoms with Crippen molar-refractivity contribution in [1.82, 2.24) is 15.1 Å². The number of nitrogens with one attached hydrogen (secondary N) is 1. The van der Waals surface area contributed by atoms with Gasteiger partial charge < -0.3 is 5.32 Å². The van der Waals surface area contributed by atoms with E-state index in [1.165, 1.54) is 16.9 Å². The number of halogens is 3. The summed E-state index contributed by atoms with van der Waals surface area (Å²) < 4.78 is 39.8. The molecule has 1 N–H and O–H groups in total. The standard InChI is InChI=1S/C10H16F3N3/c1-3-6-14-9(10(11,12)13)8-5-7-15-16(8)4-2/h5,7,9,14H,3-4,6H2,1-2H3. The van der Waals surface area contributed by atoms with Gasteiger partial charge in [-0.25, -0.2) is 0 Å². The molecule has 1 heterocycles. The van der Waals surface area contributed by atoms with E-state index in [1.54, 1.807) is 6.92 Å². The average molecular weight is 235 g/mol. The van der Waals surface area contributed by atoms with Crippen molar-refractivity contribution in [2.24, 2.45) is 0 Å². The maximum atomic E-state index is 12.8. The van der Waals surface area contributed by atoms with Crippen LogP contribution in [0.4, 0.5) is 13.2 Å². The van der Waals surface area contributed by atoms with E-state index < -0.39 is 12.2 Å². The van der Waals surface area contributed by atoms with Gasteiger partial charge in [0, 0.05) is 12.7 Å². The van der Waals surface area contributed by atoms with Crippen LogP contribution >= 0.6 is 0 Å². The molecule has 1 rings (SSSR count). The summed E-state index contributed by atoms with van der Waals surface area (Å²) in [5.41, 5.74) is 0.170. The molecule has 92 valence electrons. The van der Waals surface area contributed by atoms with E-state index in [-0.39, 0.29) is 5.69 Å². The van der Waals surface area contributed by atoms with Crippen LogP contribution < -0.4 is 5.32 Å². The number of aryl methyl sites for hydroxylation is 1. The molecule has 0 aromatic carbocycles. The van der Waals surface area contributed by atoms with Crippen molar-refractivity contribution >= 4 is 0 Å². The molecule has 0 saturated carbocycles. The number of nitrogens with zero attached hydrogens (tertiary/aromatic N) is 2. The fraction of sp³-hybridized carbons (Fsp3) is 0.700. The van der Waals surface area contributed by atoms with Gasteiger partial charge in [-0.15, -0.1) is 0 Å². The van der Waals surface area contributed by atoms with Crippen LogP contribution in [0.15, 0.2) is 12.3 Å². The predicted octanol–water partition coefficient (Wildman–Crippen LogP) is 2.51. The molecule has 0 spiro atoms. The third-order valence-corrected chi connectivity index (χ3v) is 2.27. The summed E-state index contributed by atoms with van der Waals surface area (Å²) in [5.74, 6) is 0. The van der Waals surface area contributed by atoms with Gasteiger partial charge in [0.1, 0.15) is 6.04 Å². The third kappa shape index (κ3) is 2.98. The molecule has 0 bridgehead atoms. The molecule has 0 aliphatic rings. The number of rotatable bonds is 5. The van der Waals surface area contributed by atoms with Crippen LogP contribution in [0.5, 0.6) is 0 Å². The van der Waals surface area contributed by atoms with E-state index in [2.05, 4.69) is 10.4 Å². The Morgan fingerprint density at radius 1 is 1.44 bits per heavy atom.